The van der Waals surface area contributed by atoms with Gasteiger partial charge in [-0.1, -0.05) is 44.1 Å². The molecule has 0 saturated carbocycles. The molecule has 0 bridgehead atoms. The zero-order valence-electron chi connectivity index (χ0n) is 11.2. The molecule has 0 amide bonds. The largest absolute Gasteiger partial charge is 0.303 e. The normalized spacial score (nSPS) is 16.4. The molecule has 92 valence electrons. The number of allylic oxidation sites excluding steroid dienone is 4. The van der Waals surface area contributed by atoms with E-state index in [9.17, 15) is 4.79 Å². The average molecular weight is 222 g/mol. The summed E-state index contributed by atoms with van der Waals surface area (Å²) in [5.74, 6) is 0.882. The first-order chi connectivity index (χ1) is 7.60. The number of hydrogen-bond donors (Lipinski definition) is 0. The van der Waals surface area contributed by atoms with Gasteiger partial charge in [0.15, 0.2) is 0 Å². The van der Waals surface area contributed by atoms with Crippen LogP contribution in [0.25, 0.3) is 0 Å². The smallest absolute Gasteiger partial charge is 0.122 e. The van der Waals surface area contributed by atoms with Gasteiger partial charge in [0.25, 0.3) is 0 Å². The van der Waals surface area contributed by atoms with E-state index in [0.29, 0.717) is 5.92 Å². The van der Waals surface area contributed by atoms with Crippen molar-refractivity contribution in [2.24, 2.45) is 11.8 Å². The van der Waals surface area contributed by atoms with Crippen molar-refractivity contribution in [3.63, 3.8) is 0 Å². The summed E-state index contributed by atoms with van der Waals surface area (Å²) in [7, 11) is 0. The van der Waals surface area contributed by atoms with Crippen molar-refractivity contribution in [2.75, 3.05) is 0 Å². The molecular weight excluding hydrogens is 196 g/mol. The highest BCUT2D eigenvalue weighted by molar-refractivity contribution is 5.52. The molecule has 0 aromatic heterocycles. The molecule has 0 saturated heterocycles. The molecule has 2 atom stereocenters. The molecular formula is C15H26O. The quantitative estimate of drug-likeness (QED) is 0.335. The van der Waals surface area contributed by atoms with Gasteiger partial charge in [-0.05, 0) is 39.0 Å². The average Bonchev–Trinajstić information content (AvgIpc) is 2.27. The van der Waals surface area contributed by atoms with Crippen molar-refractivity contribution < 1.29 is 4.79 Å². The molecule has 0 spiro atoms. The maximum absolute atomic E-state index is 10.5. The topological polar surface area (TPSA) is 17.1 Å². The molecule has 0 rings (SSSR count). The molecule has 1 heteroatoms. The van der Waals surface area contributed by atoms with E-state index >= 15 is 0 Å². The van der Waals surface area contributed by atoms with Crippen molar-refractivity contribution in [3.8, 4) is 0 Å². The van der Waals surface area contributed by atoms with Gasteiger partial charge in [-0.15, -0.1) is 0 Å². The Morgan fingerprint density at radius 2 is 2.00 bits per heavy atom. The highest BCUT2D eigenvalue weighted by Gasteiger charge is 2.06. The molecule has 1 nitrogen and oxygen atoms in total. The number of aldehydes is 1. The van der Waals surface area contributed by atoms with Gasteiger partial charge in [-0.3, -0.25) is 0 Å². The Kier molecular flexibility index (Phi) is 8.88. The van der Waals surface area contributed by atoms with Gasteiger partial charge in [0, 0.05) is 5.92 Å². The van der Waals surface area contributed by atoms with E-state index in [2.05, 4.69) is 39.0 Å². The van der Waals surface area contributed by atoms with E-state index in [1.54, 1.807) is 0 Å². The summed E-state index contributed by atoms with van der Waals surface area (Å²) in [5, 5.41) is 0. The SMILES string of the molecule is C/C=C(C)/C=C/CCC[C@@H](C)C[C@@H](C)C=O. The maximum Gasteiger partial charge on any atom is 0.122 e. The molecule has 0 N–H and O–H groups in total. The zero-order chi connectivity index (χ0) is 12.4. The van der Waals surface area contributed by atoms with Gasteiger partial charge in [0.05, 0.1) is 0 Å². The van der Waals surface area contributed by atoms with E-state index in [0.717, 1.165) is 19.1 Å². The van der Waals surface area contributed by atoms with Crippen LogP contribution in [-0.4, -0.2) is 6.29 Å². The van der Waals surface area contributed by atoms with Crippen molar-refractivity contribution in [3.05, 3.63) is 23.8 Å². The summed E-state index contributed by atoms with van der Waals surface area (Å²) in [5.41, 5.74) is 1.32. The van der Waals surface area contributed by atoms with Crippen LogP contribution < -0.4 is 0 Å². The van der Waals surface area contributed by atoms with E-state index < -0.39 is 0 Å². The Hall–Kier alpha value is -0.850. The fraction of sp³-hybridized carbons (Fsp3) is 0.667. The Labute approximate surface area is 101 Å². The standard InChI is InChI=1S/C15H26O/c1-5-13(2)9-7-6-8-10-14(3)11-15(4)12-16/h5,7,9,12,14-15H,6,8,10-11H2,1-4H3/b9-7+,13-5+/t14-,15-/m1/s1. The lowest BCUT2D eigenvalue weighted by atomic mass is 9.94. The first-order valence-corrected chi connectivity index (χ1v) is 6.34. The third-order valence-electron chi connectivity index (χ3n) is 2.91. The molecule has 0 unspecified atom stereocenters. The lowest BCUT2D eigenvalue weighted by Crippen LogP contribution is -2.03. The zero-order valence-corrected chi connectivity index (χ0v) is 11.2. The van der Waals surface area contributed by atoms with Gasteiger partial charge < -0.3 is 4.79 Å². The first kappa shape index (κ1) is 15.2. The molecule has 0 fully saturated rings. The van der Waals surface area contributed by atoms with Gasteiger partial charge in [0.1, 0.15) is 6.29 Å². The minimum Gasteiger partial charge on any atom is -0.303 e. The Balaban J connectivity index is 3.58. The number of rotatable bonds is 8. The van der Waals surface area contributed by atoms with Crippen molar-refractivity contribution in [1.29, 1.82) is 0 Å². The van der Waals surface area contributed by atoms with E-state index in [-0.39, 0.29) is 5.92 Å². The molecule has 0 aliphatic carbocycles. The molecule has 0 radical (unpaired) electrons. The predicted octanol–water partition coefficient (Wildman–Crippen LogP) is 4.54. The molecule has 16 heavy (non-hydrogen) atoms. The van der Waals surface area contributed by atoms with Crippen LogP contribution in [0.5, 0.6) is 0 Å². The summed E-state index contributed by atoms with van der Waals surface area (Å²) in [6, 6.07) is 0. The second-order valence-electron chi connectivity index (χ2n) is 4.82. The minimum absolute atomic E-state index is 0.218. The van der Waals surface area contributed by atoms with Crippen LogP contribution >= 0.6 is 0 Å². The Bertz CT molecular complexity index is 238. The van der Waals surface area contributed by atoms with Crippen molar-refractivity contribution >= 4 is 6.29 Å². The second kappa shape index (κ2) is 9.38. The molecule has 0 aromatic carbocycles. The molecule has 0 aliphatic rings. The highest BCUT2D eigenvalue weighted by atomic mass is 16.1. The second-order valence-corrected chi connectivity index (χ2v) is 4.82. The van der Waals surface area contributed by atoms with Gasteiger partial charge in [-0.2, -0.15) is 0 Å². The third kappa shape index (κ3) is 8.46. The summed E-state index contributed by atoms with van der Waals surface area (Å²) in [6.45, 7) is 8.41. The Morgan fingerprint density at radius 1 is 1.31 bits per heavy atom. The van der Waals surface area contributed by atoms with Gasteiger partial charge in [0.2, 0.25) is 0 Å². The van der Waals surface area contributed by atoms with E-state index in [1.807, 2.05) is 6.92 Å². The summed E-state index contributed by atoms with van der Waals surface area (Å²) < 4.78 is 0. The number of carbonyl (C=O) groups is 1. The van der Waals surface area contributed by atoms with Gasteiger partial charge >= 0.3 is 0 Å². The lowest BCUT2D eigenvalue weighted by Gasteiger charge is -2.11. The van der Waals surface area contributed by atoms with E-state index in [4.69, 9.17) is 0 Å². The summed E-state index contributed by atoms with van der Waals surface area (Å²) in [4.78, 5) is 10.5. The van der Waals surface area contributed by atoms with Crippen LogP contribution in [0.1, 0.15) is 53.4 Å². The lowest BCUT2D eigenvalue weighted by molar-refractivity contribution is -0.111. The van der Waals surface area contributed by atoms with Crippen LogP contribution in [-0.2, 0) is 4.79 Å². The molecule has 0 aromatic rings. The summed E-state index contributed by atoms with van der Waals surface area (Å²) >= 11 is 0. The van der Waals surface area contributed by atoms with Crippen LogP contribution in [0, 0.1) is 11.8 Å². The first-order valence-electron chi connectivity index (χ1n) is 6.34. The van der Waals surface area contributed by atoms with Crippen LogP contribution in [0.4, 0.5) is 0 Å². The highest BCUT2D eigenvalue weighted by Crippen LogP contribution is 2.16. The van der Waals surface area contributed by atoms with E-state index in [1.165, 1.54) is 18.4 Å². The van der Waals surface area contributed by atoms with Gasteiger partial charge in [-0.25, -0.2) is 0 Å². The van der Waals surface area contributed by atoms with Crippen LogP contribution in [0.3, 0.4) is 0 Å². The van der Waals surface area contributed by atoms with Crippen molar-refractivity contribution in [2.45, 2.75) is 53.4 Å². The van der Waals surface area contributed by atoms with Crippen molar-refractivity contribution in [1.82, 2.24) is 0 Å². The Morgan fingerprint density at radius 3 is 2.56 bits per heavy atom. The fourth-order valence-electron chi connectivity index (χ4n) is 1.76. The number of hydrogen-bond acceptors (Lipinski definition) is 1. The minimum atomic E-state index is 0.218. The maximum atomic E-state index is 10.5. The summed E-state index contributed by atoms with van der Waals surface area (Å²) in [6.07, 6.45) is 12.2. The monoisotopic (exact) mass is 222 g/mol. The predicted molar refractivity (Wildman–Crippen MR) is 71.4 cm³/mol. The third-order valence-corrected chi connectivity index (χ3v) is 2.91. The van der Waals surface area contributed by atoms with Crippen LogP contribution in [0.2, 0.25) is 0 Å². The fourth-order valence-corrected chi connectivity index (χ4v) is 1.76. The van der Waals surface area contributed by atoms with Crippen LogP contribution in [0.15, 0.2) is 23.8 Å². The molecule has 0 heterocycles. The number of unbranched alkanes of at least 4 members (excludes halogenated alkanes) is 1. The molecule has 0 aliphatic heterocycles. The number of carbonyl (C=O) groups excluding carboxylic acids is 1.